The zero-order valence-electron chi connectivity index (χ0n) is 9.58. The fourth-order valence-electron chi connectivity index (χ4n) is 1.51. The number of hydrogen-bond acceptors (Lipinski definition) is 2. The maximum Gasteiger partial charge on any atom is 0.433 e. The Hall–Kier alpha value is -1.79. The summed E-state index contributed by atoms with van der Waals surface area (Å²) in [6, 6.07) is 2.94. The molecule has 18 heavy (non-hydrogen) atoms. The van der Waals surface area contributed by atoms with Gasteiger partial charge in [0.15, 0.2) is 0 Å². The van der Waals surface area contributed by atoms with Crippen molar-refractivity contribution in [2.75, 3.05) is 5.32 Å². The van der Waals surface area contributed by atoms with Gasteiger partial charge in [0.05, 0.1) is 0 Å². The molecule has 2 atom stereocenters. The van der Waals surface area contributed by atoms with Gasteiger partial charge in [-0.1, -0.05) is 13.0 Å². The molecule has 7 heteroatoms. The van der Waals surface area contributed by atoms with Crippen LogP contribution in [-0.2, 0) is 6.18 Å². The second-order valence-corrected chi connectivity index (χ2v) is 4.32. The largest absolute Gasteiger partial charge is 0.433 e. The smallest absolute Gasteiger partial charge is 0.335 e. The maximum atomic E-state index is 12.4. The number of anilines is 1. The normalized spacial score (nSPS) is 22.4. The zero-order chi connectivity index (χ0) is 13.3. The molecular weight excluding hydrogens is 247 g/mol. The van der Waals surface area contributed by atoms with Crippen LogP contribution in [0.3, 0.4) is 0 Å². The van der Waals surface area contributed by atoms with E-state index in [1.54, 1.807) is 0 Å². The maximum absolute atomic E-state index is 12.4. The molecule has 4 nitrogen and oxygen atoms in total. The SMILES string of the molecule is C[C@H]1C[C@H]1NC(=O)Nc1cccc(C(F)(F)F)n1. The molecule has 0 aliphatic heterocycles. The minimum absolute atomic E-state index is 0.107. The Morgan fingerprint density at radius 1 is 1.44 bits per heavy atom. The Morgan fingerprint density at radius 3 is 2.67 bits per heavy atom. The highest BCUT2D eigenvalue weighted by molar-refractivity contribution is 5.88. The summed E-state index contributed by atoms with van der Waals surface area (Å²) in [7, 11) is 0. The summed E-state index contributed by atoms with van der Waals surface area (Å²) in [5.74, 6) is 0.306. The van der Waals surface area contributed by atoms with Gasteiger partial charge >= 0.3 is 12.2 Å². The van der Waals surface area contributed by atoms with Gasteiger partial charge < -0.3 is 5.32 Å². The van der Waals surface area contributed by atoms with Crippen LogP contribution in [0.1, 0.15) is 19.0 Å². The molecule has 2 amide bonds. The number of carbonyl (C=O) groups excluding carboxylic acids is 1. The van der Waals surface area contributed by atoms with Crippen LogP contribution in [0.15, 0.2) is 18.2 Å². The summed E-state index contributed by atoms with van der Waals surface area (Å²) in [4.78, 5) is 14.8. The minimum Gasteiger partial charge on any atom is -0.335 e. The highest BCUT2D eigenvalue weighted by atomic mass is 19.4. The van der Waals surface area contributed by atoms with Crippen LogP contribution in [-0.4, -0.2) is 17.1 Å². The van der Waals surface area contributed by atoms with E-state index in [-0.39, 0.29) is 11.9 Å². The second-order valence-electron chi connectivity index (χ2n) is 4.32. The van der Waals surface area contributed by atoms with Crippen molar-refractivity contribution in [1.29, 1.82) is 0 Å². The van der Waals surface area contributed by atoms with Gasteiger partial charge in [0.2, 0.25) is 0 Å². The predicted octanol–water partition coefficient (Wildman–Crippen LogP) is 2.63. The molecule has 1 aliphatic rings. The third kappa shape index (κ3) is 3.12. The summed E-state index contributed by atoms with van der Waals surface area (Å²) in [6.07, 6.45) is -3.62. The summed E-state index contributed by atoms with van der Waals surface area (Å²) < 4.78 is 37.2. The number of urea groups is 1. The fourth-order valence-corrected chi connectivity index (χ4v) is 1.51. The number of amides is 2. The Bertz CT molecular complexity index is 461. The van der Waals surface area contributed by atoms with Crippen molar-refractivity contribution < 1.29 is 18.0 Å². The van der Waals surface area contributed by atoms with Crippen molar-refractivity contribution >= 4 is 11.8 Å². The molecule has 0 radical (unpaired) electrons. The van der Waals surface area contributed by atoms with Gasteiger partial charge in [0, 0.05) is 6.04 Å². The molecule has 1 fully saturated rings. The molecule has 2 N–H and O–H groups in total. The first-order valence-electron chi connectivity index (χ1n) is 5.48. The highest BCUT2D eigenvalue weighted by Gasteiger charge is 2.34. The summed E-state index contributed by atoms with van der Waals surface area (Å²) in [5.41, 5.74) is -1.03. The van der Waals surface area contributed by atoms with E-state index in [2.05, 4.69) is 15.6 Å². The predicted molar refractivity (Wildman–Crippen MR) is 59.0 cm³/mol. The van der Waals surface area contributed by atoms with Crippen LogP contribution >= 0.6 is 0 Å². The van der Waals surface area contributed by atoms with E-state index in [0.29, 0.717) is 5.92 Å². The standard InChI is InChI=1S/C11H12F3N3O/c1-6-5-7(6)15-10(18)17-9-4-2-3-8(16-9)11(12,13)14/h2-4,6-7H,5H2,1H3,(H2,15,16,17,18)/t6-,7+/m0/s1. The molecule has 0 spiro atoms. The van der Waals surface area contributed by atoms with Crippen LogP contribution in [0.25, 0.3) is 0 Å². The van der Waals surface area contributed by atoms with Gasteiger partial charge in [-0.3, -0.25) is 5.32 Å². The zero-order valence-corrected chi connectivity index (χ0v) is 9.58. The van der Waals surface area contributed by atoms with E-state index in [1.807, 2.05) is 6.92 Å². The summed E-state index contributed by atoms with van der Waals surface area (Å²) in [5, 5.41) is 4.92. The average molecular weight is 259 g/mol. The highest BCUT2D eigenvalue weighted by Crippen LogP contribution is 2.29. The number of carbonyl (C=O) groups is 1. The molecule has 0 bridgehead atoms. The number of aromatic nitrogens is 1. The molecule has 98 valence electrons. The number of pyridine rings is 1. The van der Waals surface area contributed by atoms with Crippen molar-refractivity contribution in [1.82, 2.24) is 10.3 Å². The van der Waals surface area contributed by atoms with Crippen LogP contribution < -0.4 is 10.6 Å². The lowest BCUT2D eigenvalue weighted by Gasteiger charge is -2.09. The van der Waals surface area contributed by atoms with E-state index in [9.17, 15) is 18.0 Å². The minimum atomic E-state index is -4.51. The van der Waals surface area contributed by atoms with Crippen LogP contribution in [0.4, 0.5) is 23.8 Å². The molecule has 1 aromatic rings. The van der Waals surface area contributed by atoms with Gasteiger partial charge in [-0.25, -0.2) is 9.78 Å². The van der Waals surface area contributed by atoms with Crippen LogP contribution in [0.2, 0.25) is 0 Å². The van der Waals surface area contributed by atoms with Crippen molar-refractivity contribution in [2.45, 2.75) is 25.6 Å². The van der Waals surface area contributed by atoms with Gasteiger partial charge in [0.1, 0.15) is 11.5 Å². The molecule has 2 rings (SSSR count). The number of halogens is 3. The number of nitrogens with zero attached hydrogens (tertiary/aromatic N) is 1. The van der Waals surface area contributed by atoms with Crippen LogP contribution in [0, 0.1) is 5.92 Å². The van der Waals surface area contributed by atoms with E-state index < -0.39 is 17.9 Å². The van der Waals surface area contributed by atoms with Crippen molar-refractivity contribution in [3.8, 4) is 0 Å². The van der Waals surface area contributed by atoms with E-state index >= 15 is 0 Å². The van der Waals surface area contributed by atoms with Crippen LogP contribution in [0.5, 0.6) is 0 Å². The van der Waals surface area contributed by atoms with E-state index in [1.165, 1.54) is 12.1 Å². The lowest BCUT2D eigenvalue weighted by molar-refractivity contribution is -0.141. The average Bonchev–Trinajstić information content (AvgIpc) is 2.93. The fraction of sp³-hybridized carbons (Fsp3) is 0.455. The second kappa shape index (κ2) is 4.47. The van der Waals surface area contributed by atoms with Crippen molar-refractivity contribution in [2.24, 2.45) is 5.92 Å². The van der Waals surface area contributed by atoms with Gasteiger partial charge in [-0.15, -0.1) is 0 Å². The Balaban J connectivity index is 1.98. The Kier molecular flexibility index (Phi) is 3.14. The molecule has 1 saturated carbocycles. The lowest BCUT2D eigenvalue weighted by atomic mass is 10.3. The lowest BCUT2D eigenvalue weighted by Crippen LogP contribution is -2.31. The summed E-state index contributed by atoms with van der Waals surface area (Å²) >= 11 is 0. The van der Waals surface area contributed by atoms with Gasteiger partial charge in [0.25, 0.3) is 0 Å². The molecular formula is C11H12F3N3O. The monoisotopic (exact) mass is 259 g/mol. The Labute approximate surface area is 102 Å². The topological polar surface area (TPSA) is 54.0 Å². The molecule has 1 aliphatic carbocycles. The Morgan fingerprint density at radius 2 is 2.11 bits per heavy atom. The number of rotatable bonds is 2. The van der Waals surface area contributed by atoms with Crippen molar-refractivity contribution in [3.05, 3.63) is 23.9 Å². The molecule has 1 aromatic heterocycles. The molecule has 1 heterocycles. The number of nitrogens with one attached hydrogen (secondary N) is 2. The van der Waals surface area contributed by atoms with Gasteiger partial charge in [-0.2, -0.15) is 13.2 Å². The van der Waals surface area contributed by atoms with Gasteiger partial charge in [-0.05, 0) is 24.5 Å². The first-order valence-corrected chi connectivity index (χ1v) is 5.48. The third-order valence-electron chi connectivity index (χ3n) is 2.71. The quantitative estimate of drug-likeness (QED) is 0.857. The van der Waals surface area contributed by atoms with E-state index in [0.717, 1.165) is 12.5 Å². The first kappa shape index (κ1) is 12.7. The summed E-state index contributed by atoms with van der Waals surface area (Å²) in [6.45, 7) is 1.98. The third-order valence-corrected chi connectivity index (χ3v) is 2.71. The first-order chi connectivity index (χ1) is 8.36. The molecule has 0 aromatic carbocycles. The molecule has 0 saturated heterocycles. The molecule has 0 unspecified atom stereocenters. The van der Waals surface area contributed by atoms with E-state index in [4.69, 9.17) is 0 Å². The number of alkyl halides is 3. The van der Waals surface area contributed by atoms with Crippen molar-refractivity contribution in [3.63, 3.8) is 0 Å². The number of hydrogen-bond donors (Lipinski definition) is 2.